The second kappa shape index (κ2) is 4.05. The van der Waals surface area contributed by atoms with Gasteiger partial charge in [0.25, 0.3) is 0 Å². The number of hydrogen-bond acceptors (Lipinski definition) is 3. The first-order valence-electron chi connectivity index (χ1n) is 5.21. The third-order valence-electron chi connectivity index (χ3n) is 3.06. The molecule has 1 rings (SSSR count). The first-order valence-corrected chi connectivity index (χ1v) is 5.98. The van der Waals surface area contributed by atoms with Crippen molar-refractivity contribution in [1.29, 1.82) is 0 Å². The molecule has 0 aromatic carbocycles. The minimum absolute atomic E-state index is 0.0451. The maximum absolute atomic E-state index is 4.65. The summed E-state index contributed by atoms with van der Waals surface area (Å²) in [4.78, 5) is 4.65. The van der Waals surface area contributed by atoms with Gasteiger partial charge in [0.1, 0.15) is 0 Å². The minimum atomic E-state index is -0.0976. The molecule has 0 saturated heterocycles. The number of rotatable bonds is 2. The van der Waals surface area contributed by atoms with Gasteiger partial charge in [0.05, 0.1) is 10.3 Å². The van der Waals surface area contributed by atoms with Gasteiger partial charge < -0.3 is 0 Å². The van der Waals surface area contributed by atoms with Gasteiger partial charge in [-0.2, -0.15) is 0 Å². The van der Waals surface area contributed by atoms with Crippen molar-refractivity contribution in [2.24, 2.45) is 15.3 Å². The summed E-state index contributed by atoms with van der Waals surface area (Å²) >= 11 is 1.63. The smallest absolute Gasteiger partial charge is 0.0930 e. The molecule has 1 heterocycles. The lowest BCUT2D eigenvalue weighted by Gasteiger charge is -2.25. The van der Waals surface area contributed by atoms with Crippen LogP contribution >= 0.6 is 11.9 Å². The highest BCUT2D eigenvalue weighted by atomic mass is 32.2. The predicted octanol–water partition coefficient (Wildman–Crippen LogP) is 3.37. The molecular formula is C11H20N2S. The van der Waals surface area contributed by atoms with Gasteiger partial charge >= 0.3 is 0 Å². The lowest BCUT2D eigenvalue weighted by molar-refractivity contribution is 0.570. The van der Waals surface area contributed by atoms with Crippen LogP contribution in [0.1, 0.15) is 41.0 Å². The van der Waals surface area contributed by atoms with E-state index >= 15 is 0 Å². The van der Waals surface area contributed by atoms with Crippen LogP contribution in [0.4, 0.5) is 0 Å². The minimum Gasteiger partial charge on any atom is -0.284 e. The van der Waals surface area contributed by atoms with Crippen LogP contribution in [0.2, 0.25) is 0 Å². The van der Waals surface area contributed by atoms with Crippen LogP contribution in [0, 0.1) is 5.92 Å². The largest absolute Gasteiger partial charge is 0.284 e. The first kappa shape index (κ1) is 11.8. The first-order chi connectivity index (χ1) is 6.42. The van der Waals surface area contributed by atoms with E-state index in [1.807, 2.05) is 6.21 Å². The van der Waals surface area contributed by atoms with Crippen molar-refractivity contribution in [3.8, 4) is 0 Å². The van der Waals surface area contributed by atoms with Crippen molar-refractivity contribution in [3.05, 3.63) is 0 Å². The van der Waals surface area contributed by atoms with Crippen LogP contribution in [-0.2, 0) is 0 Å². The lowest BCUT2D eigenvalue weighted by atomic mass is 9.97. The molecule has 1 aliphatic heterocycles. The van der Waals surface area contributed by atoms with E-state index in [0.29, 0.717) is 5.92 Å². The average molecular weight is 212 g/mol. The van der Waals surface area contributed by atoms with Crippen molar-refractivity contribution in [2.75, 3.05) is 0 Å². The third-order valence-corrected chi connectivity index (χ3v) is 4.24. The lowest BCUT2D eigenvalue weighted by Crippen LogP contribution is -2.29. The molecular weight excluding hydrogens is 192 g/mol. The predicted molar refractivity (Wildman–Crippen MR) is 66.5 cm³/mol. The van der Waals surface area contributed by atoms with E-state index in [-0.39, 0.29) is 10.3 Å². The van der Waals surface area contributed by atoms with Crippen LogP contribution in [0.15, 0.2) is 9.39 Å². The Hall–Kier alpha value is -0.310. The molecule has 0 aromatic rings. The van der Waals surface area contributed by atoms with Crippen molar-refractivity contribution in [2.45, 2.75) is 51.3 Å². The normalized spacial score (nSPS) is 37.6. The molecule has 80 valence electrons. The topological polar surface area (TPSA) is 24.7 Å². The maximum atomic E-state index is 4.65. The van der Waals surface area contributed by atoms with Gasteiger partial charge in [0.2, 0.25) is 0 Å². The summed E-state index contributed by atoms with van der Waals surface area (Å²) in [7, 11) is 0. The molecule has 14 heavy (non-hydrogen) atoms. The van der Waals surface area contributed by atoms with Crippen molar-refractivity contribution >= 4 is 24.4 Å². The fourth-order valence-electron chi connectivity index (χ4n) is 1.02. The Kier molecular flexibility index (Phi) is 3.40. The summed E-state index contributed by atoms with van der Waals surface area (Å²) in [5, 5.41) is 0. The van der Waals surface area contributed by atoms with E-state index in [1.165, 1.54) is 0 Å². The average Bonchev–Trinajstić information content (AvgIpc) is 2.29. The Balaban J connectivity index is 2.93. The van der Waals surface area contributed by atoms with E-state index in [2.05, 4.69) is 50.2 Å². The van der Waals surface area contributed by atoms with Crippen LogP contribution in [-0.4, -0.2) is 22.7 Å². The van der Waals surface area contributed by atoms with Gasteiger partial charge in [-0.3, -0.25) is 4.99 Å². The van der Waals surface area contributed by atoms with Crippen LogP contribution in [0.5, 0.6) is 0 Å². The van der Waals surface area contributed by atoms with E-state index in [9.17, 15) is 0 Å². The zero-order valence-electron chi connectivity index (χ0n) is 9.74. The molecule has 2 atom stereocenters. The molecule has 1 aliphatic rings. The molecule has 0 radical (unpaired) electrons. The van der Waals surface area contributed by atoms with Crippen molar-refractivity contribution in [3.63, 3.8) is 0 Å². The highest BCUT2D eigenvalue weighted by Gasteiger charge is 2.31. The van der Waals surface area contributed by atoms with E-state index < -0.39 is 0 Å². The van der Waals surface area contributed by atoms with Gasteiger partial charge in [-0.1, -0.05) is 20.8 Å². The summed E-state index contributed by atoms with van der Waals surface area (Å²) in [6.07, 6.45) is 5.06. The number of hydrogen-bond donors (Lipinski definition) is 0. The maximum Gasteiger partial charge on any atom is 0.0930 e. The van der Waals surface area contributed by atoms with Gasteiger partial charge in [0.15, 0.2) is 0 Å². The summed E-state index contributed by atoms with van der Waals surface area (Å²) in [5.41, 5.74) is -0.0976. The molecule has 0 fully saturated rings. The monoisotopic (exact) mass is 212 g/mol. The van der Waals surface area contributed by atoms with Gasteiger partial charge in [-0.25, -0.2) is 4.40 Å². The molecule has 0 amide bonds. The Morgan fingerprint density at radius 2 is 1.93 bits per heavy atom. The SMILES string of the molecule is CCC1(C)C=NSC(C)(C(C)C)C=N1. The van der Waals surface area contributed by atoms with Crippen LogP contribution in [0.3, 0.4) is 0 Å². The second-order valence-electron chi connectivity index (χ2n) is 4.63. The summed E-state index contributed by atoms with van der Waals surface area (Å²) in [5.74, 6) is 0.549. The van der Waals surface area contributed by atoms with Gasteiger partial charge in [-0.05, 0) is 38.1 Å². The molecule has 0 aromatic heterocycles. The zero-order valence-corrected chi connectivity index (χ0v) is 10.6. The standard InChI is InChI=1S/C11H20N2S/c1-6-10(4)7-13-14-11(5,8-12-10)9(2)3/h7-9H,6H2,1-5H3. The van der Waals surface area contributed by atoms with Gasteiger partial charge in [0, 0.05) is 12.4 Å². The third kappa shape index (κ3) is 2.38. The van der Waals surface area contributed by atoms with Gasteiger partial charge in [-0.15, -0.1) is 0 Å². The zero-order chi connectivity index (χ0) is 10.8. The Morgan fingerprint density at radius 3 is 2.43 bits per heavy atom. The highest BCUT2D eigenvalue weighted by molar-refractivity contribution is 8.00. The van der Waals surface area contributed by atoms with E-state index in [1.54, 1.807) is 11.9 Å². The van der Waals surface area contributed by atoms with Crippen LogP contribution in [0.25, 0.3) is 0 Å². The molecule has 0 N–H and O–H groups in total. The highest BCUT2D eigenvalue weighted by Crippen LogP contribution is 2.34. The molecule has 0 aliphatic carbocycles. The van der Waals surface area contributed by atoms with E-state index in [0.717, 1.165) is 6.42 Å². The molecule has 2 nitrogen and oxygen atoms in total. The summed E-state index contributed by atoms with van der Waals surface area (Å²) < 4.78 is 4.48. The quantitative estimate of drug-likeness (QED) is 0.644. The molecule has 0 spiro atoms. The van der Waals surface area contributed by atoms with Crippen molar-refractivity contribution in [1.82, 2.24) is 0 Å². The molecule has 0 saturated carbocycles. The summed E-state index contributed by atoms with van der Waals surface area (Å²) in [6, 6.07) is 0. The Morgan fingerprint density at radius 1 is 1.29 bits per heavy atom. The second-order valence-corrected chi connectivity index (χ2v) is 5.91. The Bertz CT molecular complexity index is 260. The molecule has 3 heteroatoms. The van der Waals surface area contributed by atoms with E-state index in [4.69, 9.17) is 0 Å². The number of aliphatic imine (C=N–C) groups is 1. The Labute approximate surface area is 91.4 Å². The molecule has 2 unspecified atom stereocenters. The van der Waals surface area contributed by atoms with Crippen molar-refractivity contribution < 1.29 is 0 Å². The fraction of sp³-hybridized carbons (Fsp3) is 0.818. The van der Waals surface area contributed by atoms with Crippen LogP contribution < -0.4 is 0 Å². The number of nitrogens with zero attached hydrogens (tertiary/aromatic N) is 2. The fourth-order valence-corrected chi connectivity index (χ4v) is 1.84. The molecule has 0 bridgehead atoms. The summed E-state index contributed by atoms with van der Waals surface area (Å²) in [6.45, 7) is 10.9.